The first-order valence-electron chi connectivity index (χ1n) is 6.86. The van der Waals surface area contributed by atoms with Crippen LogP contribution in [-0.4, -0.2) is 27.0 Å². The largest absolute Gasteiger partial charge is 0.481 e. The Hall–Kier alpha value is -1.88. The minimum absolute atomic E-state index is 0.378. The van der Waals surface area contributed by atoms with E-state index in [-0.39, 0.29) is 0 Å². The molecule has 2 aromatic heterocycles. The maximum atomic E-state index is 10.2. The average Bonchev–Trinajstić information content (AvgIpc) is 2.95. The molecule has 0 amide bonds. The molecule has 0 saturated carbocycles. The molecule has 0 bridgehead atoms. The summed E-state index contributed by atoms with van der Waals surface area (Å²) >= 11 is 0. The van der Waals surface area contributed by atoms with Crippen LogP contribution in [0.3, 0.4) is 0 Å². The molecule has 2 atom stereocenters. The van der Waals surface area contributed by atoms with Gasteiger partial charge in [-0.25, -0.2) is 4.98 Å². The number of ether oxygens (including phenoxy) is 1. The van der Waals surface area contributed by atoms with Gasteiger partial charge in [-0.1, -0.05) is 6.92 Å². The molecule has 2 heterocycles. The molecule has 0 aliphatic heterocycles. The molecule has 0 aliphatic rings. The second-order valence-corrected chi connectivity index (χ2v) is 4.90. The van der Waals surface area contributed by atoms with Crippen molar-refractivity contribution in [2.75, 3.05) is 7.11 Å². The molecule has 2 rings (SSSR count). The molecule has 108 valence electrons. The summed E-state index contributed by atoms with van der Waals surface area (Å²) in [6.07, 6.45) is 4.51. The Bertz CT molecular complexity index is 536. The minimum Gasteiger partial charge on any atom is -0.481 e. The van der Waals surface area contributed by atoms with Crippen LogP contribution >= 0.6 is 0 Å². The van der Waals surface area contributed by atoms with E-state index in [1.807, 2.05) is 23.0 Å². The minimum atomic E-state index is -0.603. The number of methoxy groups -OCH3 is 1. The summed E-state index contributed by atoms with van der Waals surface area (Å²) in [7, 11) is 1.57. The predicted octanol–water partition coefficient (Wildman–Crippen LogP) is 2.53. The van der Waals surface area contributed by atoms with E-state index in [9.17, 15) is 5.11 Å². The molecule has 5 nitrogen and oxygen atoms in total. The highest BCUT2D eigenvalue weighted by atomic mass is 16.5. The van der Waals surface area contributed by atoms with E-state index in [1.165, 1.54) is 0 Å². The van der Waals surface area contributed by atoms with Crippen molar-refractivity contribution in [3.05, 3.63) is 41.9 Å². The summed E-state index contributed by atoms with van der Waals surface area (Å²) in [5.41, 5.74) is 1.65. The smallest absolute Gasteiger partial charge is 0.212 e. The van der Waals surface area contributed by atoms with Gasteiger partial charge in [0, 0.05) is 30.9 Å². The first-order chi connectivity index (χ1) is 9.63. The van der Waals surface area contributed by atoms with E-state index in [0.29, 0.717) is 18.3 Å². The van der Waals surface area contributed by atoms with Gasteiger partial charge in [-0.15, -0.1) is 0 Å². The van der Waals surface area contributed by atoms with Crippen molar-refractivity contribution in [1.29, 1.82) is 0 Å². The SMILES string of the molecule is CCC(C)n1ccc(CC(O)c2ccc(OC)nc2)n1. The molecular weight excluding hydrogens is 254 g/mol. The number of hydrogen-bond donors (Lipinski definition) is 1. The Kier molecular flexibility index (Phi) is 4.74. The average molecular weight is 275 g/mol. The summed E-state index contributed by atoms with van der Waals surface area (Å²) in [4.78, 5) is 4.10. The van der Waals surface area contributed by atoms with Crippen molar-refractivity contribution in [2.24, 2.45) is 0 Å². The number of rotatable bonds is 6. The summed E-state index contributed by atoms with van der Waals surface area (Å²) in [6.45, 7) is 4.25. The molecule has 20 heavy (non-hydrogen) atoms. The number of aliphatic hydroxyl groups excluding tert-OH is 1. The molecule has 0 spiro atoms. The van der Waals surface area contributed by atoms with Crippen molar-refractivity contribution in [2.45, 2.75) is 38.8 Å². The van der Waals surface area contributed by atoms with Crippen LogP contribution in [0.15, 0.2) is 30.6 Å². The third kappa shape index (κ3) is 3.36. The highest BCUT2D eigenvalue weighted by Crippen LogP contribution is 2.19. The van der Waals surface area contributed by atoms with Crippen molar-refractivity contribution < 1.29 is 9.84 Å². The third-order valence-electron chi connectivity index (χ3n) is 3.46. The third-order valence-corrected chi connectivity index (χ3v) is 3.46. The van der Waals surface area contributed by atoms with Gasteiger partial charge < -0.3 is 9.84 Å². The standard InChI is InChI=1S/C15H21N3O2/c1-4-11(2)18-8-7-13(17-18)9-14(19)12-5-6-15(20-3)16-10-12/h5-8,10-11,14,19H,4,9H2,1-3H3. The van der Waals surface area contributed by atoms with E-state index in [1.54, 1.807) is 19.4 Å². The van der Waals surface area contributed by atoms with Crippen LogP contribution in [0.1, 0.15) is 43.7 Å². The molecule has 0 fully saturated rings. The monoisotopic (exact) mass is 275 g/mol. The molecule has 5 heteroatoms. The molecule has 0 aliphatic carbocycles. The zero-order valence-corrected chi connectivity index (χ0v) is 12.2. The van der Waals surface area contributed by atoms with Crippen LogP contribution in [0, 0.1) is 0 Å². The van der Waals surface area contributed by atoms with E-state index >= 15 is 0 Å². The lowest BCUT2D eigenvalue weighted by atomic mass is 10.1. The number of aliphatic hydroxyl groups is 1. The van der Waals surface area contributed by atoms with E-state index in [0.717, 1.165) is 17.7 Å². The van der Waals surface area contributed by atoms with Gasteiger partial charge in [-0.2, -0.15) is 5.10 Å². The Morgan fingerprint density at radius 1 is 1.35 bits per heavy atom. The highest BCUT2D eigenvalue weighted by Gasteiger charge is 2.12. The van der Waals surface area contributed by atoms with E-state index in [4.69, 9.17) is 4.74 Å². The fourth-order valence-electron chi connectivity index (χ4n) is 1.94. The maximum Gasteiger partial charge on any atom is 0.212 e. The van der Waals surface area contributed by atoms with Crippen molar-refractivity contribution in [3.8, 4) is 5.88 Å². The van der Waals surface area contributed by atoms with E-state index < -0.39 is 6.10 Å². The molecule has 2 aromatic rings. The van der Waals surface area contributed by atoms with Crippen molar-refractivity contribution in [3.63, 3.8) is 0 Å². The van der Waals surface area contributed by atoms with Gasteiger partial charge in [0.05, 0.1) is 18.9 Å². The summed E-state index contributed by atoms with van der Waals surface area (Å²) in [5, 5.41) is 14.7. The maximum absolute atomic E-state index is 10.2. The Morgan fingerprint density at radius 3 is 2.75 bits per heavy atom. The van der Waals surface area contributed by atoms with Crippen LogP contribution in [0.4, 0.5) is 0 Å². The van der Waals surface area contributed by atoms with Gasteiger partial charge >= 0.3 is 0 Å². The van der Waals surface area contributed by atoms with Gasteiger partial charge in [0.2, 0.25) is 5.88 Å². The first-order valence-corrected chi connectivity index (χ1v) is 6.86. The fraction of sp³-hybridized carbons (Fsp3) is 0.467. The number of nitrogens with zero attached hydrogens (tertiary/aromatic N) is 3. The van der Waals surface area contributed by atoms with Gasteiger partial charge in [-0.05, 0) is 31.0 Å². The van der Waals surface area contributed by atoms with Crippen LogP contribution < -0.4 is 4.74 Å². The lowest BCUT2D eigenvalue weighted by Crippen LogP contribution is -2.07. The molecule has 1 N–H and O–H groups in total. The second kappa shape index (κ2) is 6.52. The van der Waals surface area contributed by atoms with E-state index in [2.05, 4.69) is 23.9 Å². The second-order valence-electron chi connectivity index (χ2n) is 4.90. The fourth-order valence-corrected chi connectivity index (χ4v) is 1.94. The van der Waals surface area contributed by atoms with Crippen LogP contribution in [-0.2, 0) is 6.42 Å². The van der Waals surface area contributed by atoms with Gasteiger partial charge in [0.15, 0.2) is 0 Å². The lowest BCUT2D eigenvalue weighted by Gasteiger charge is -2.10. The molecule has 0 radical (unpaired) electrons. The number of pyridine rings is 1. The van der Waals surface area contributed by atoms with Crippen LogP contribution in [0.25, 0.3) is 0 Å². The summed E-state index contributed by atoms with van der Waals surface area (Å²) in [5.74, 6) is 0.544. The quantitative estimate of drug-likeness (QED) is 0.880. The van der Waals surface area contributed by atoms with Crippen molar-refractivity contribution in [1.82, 2.24) is 14.8 Å². The topological polar surface area (TPSA) is 60.2 Å². The summed E-state index contributed by atoms with van der Waals surface area (Å²) < 4.78 is 6.94. The van der Waals surface area contributed by atoms with Crippen LogP contribution in [0.2, 0.25) is 0 Å². The van der Waals surface area contributed by atoms with Gasteiger partial charge in [-0.3, -0.25) is 4.68 Å². The zero-order chi connectivity index (χ0) is 14.5. The Labute approximate surface area is 119 Å². The predicted molar refractivity (Wildman–Crippen MR) is 76.7 cm³/mol. The molecule has 0 saturated heterocycles. The molecule has 0 aromatic carbocycles. The Morgan fingerprint density at radius 2 is 2.15 bits per heavy atom. The first kappa shape index (κ1) is 14.5. The summed E-state index contributed by atoms with van der Waals surface area (Å²) in [6, 6.07) is 5.90. The van der Waals surface area contributed by atoms with Crippen molar-refractivity contribution >= 4 is 0 Å². The highest BCUT2D eigenvalue weighted by molar-refractivity contribution is 5.21. The van der Waals surface area contributed by atoms with Gasteiger partial charge in [0.1, 0.15) is 0 Å². The molecular formula is C15H21N3O2. The Balaban J connectivity index is 2.03. The normalized spacial score (nSPS) is 14.0. The zero-order valence-electron chi connectivity index (χ0n) is 12.2. The number of aromatic nitrogens is 3. The van der Waals surface area contributed by atoms with Crippen LogP contribution in [0.5, 0.6) is 5.88 Å². The van der Waals surface area contributed by atoms with Gasteiger partial charge in [0.25, 0.3) is 0 Å². The lowest BCUT2D eigenvalue weighted by molar-refractivity contribution is 0.176. The number of hydrogen-bond acceptors (Lipinski definition) is 4. The molecule has 2 unspecified atom stereocenters.